The first-order chi connectivity index (χ1) is 9.20. The summed E-state index contributed by atoms with van der Waals surface area (Å²) in [5.74, 6) is -0.00685. The van der Waals surface area contributed by atoms with E-state index in [-0.39, 0.29) is 36.2 Å². The van der Waals surface area contributed by atoms with Crippen LogP contribution in [0, 0.1) is 11.3 Å². The molecule has 1 saturated heterocycles. The summed E-state index contributed by atoms with van der Waals surface area (Å²) in [6, 6.07) is -1.61. The van der Waals surface area contributed by atoms with Crippen LogP contribution in [0.3, 0.4) is 0 Å². The molecule has 0 spiro atoms. The molecular weight excluding hydrogens is 269 g/mol. The van der Waals surface area contributed by atoms with Gasteiger partial charge in [-0.05, 0) is 31.1 Å². The highest BCUT2D eigenvalue weighted by Gasteiger charge is 2.43. The van der Waals surface area contributed by atoms with Gasteiger partial charge in [-0.1, -0.05) is 20.3 Å². The minimum atomic E-state index is -4.19. The second-order valence-corrected chi connectivity index (χ2v) is 6.72. The van der Waals surface area contributed by atoms with Crippen LogP contribution in [-0.4, -0.2) is 30.7 Å². The zero-order chi connectivity index (χ0) is 15.0. The highest BCUT2D eigenvalue weighted by atomic mass is 19.4. The van der Waals surface area contributed by atoms with E-state index in [2.05, 4.69) is 24.5 Å². The number of halogens is 3. The summed E-state index contributed by atoms with van der Waals surface area (Å²) in [4.78, 5) is 12.2. The van der Waals surface area contributed by atoms with Gasteiger partial charge in [-0.2, -0.15) is 13.2 Å². The summed E-state index contributed by atoms with van der Waals surface area (Å²) in [5.41, 5.74) is 0.000678. The largest absolute Gasteiger partial charge is 0.403 e. The Morgan fingerprint density at radius 3 is 2.40 bits per heavy atom. The maximum Gasteiger partial charge on any atom is 0.403 e. The van der Waals surface area contributed by atoms with E-state index in [0.29, 0.717) is 6.42 Å². The summed E-state index contributed by atoms with van der Waals surface area (Å²) in [5, 5.41) is 5.41. The molecule has 0 radical (unpaired) electrons. The molecule has 2 N–H and O–H groups in total. The summed E-state index contributed by atoms with van der Waals surface area (Å²) >= 11 is 0. The van der Waals surface area contributed by atoms with E-state index in [1.165, 1.54) is 0 Å². The van der Waals surface area contributed by atoms with Gasteiger partial charge in [0.05, 0.1) is 0 Å². The Morgan fingerprint density at radius 1 is 1.25 bits per heavy atom. The fourth-order valence-electron chi connectivity index (χ4n) is 3.37. The zero-order valence-electron chi connectivity index (χ0n) is 12.0. The molecule has 3 nitrogen and oxygen atoms in total. The minimum absolute atomic E-state index is 0.000678. The van der Waals surface area contributed by atoms with Gasteiger partial charge in [0.2, 0.25) is 5.91 Å². The molecule has 1 heterocycles. The Hall–Kier alpha value is -0.780. The summed E-state index contributed by atoms with van der Waals surface area (Å²) < 4.78 is 37.6. The third-order valence-corrected chi connectivity index (χ3v) is 4.73. The minimum Gasteiger partial charge on any atom is -0.352 e. The molecule has 20 heavy (non-hydrogen) atoms. The number of nitrogens with one attached hydrogen (secondary N) is 2. The van der Waals surface area contributed by atoms with Crippen LogP contribution in [0.25, 0.3) is 0 Å². The van der Waals surface area contributed by atoms with Crippen LogP contribution in [0.15, 0.2) is 0 Å². The average Bonchev–Trinajstić information content (AvgIpc) is 2.68. The van der Waals surface area contributed by atoms with Gasteiger partial charge in [0.15, 0.2) is 0 Å². The van der Waals surface area contributed by atoms with Gasteiger partial charge < -0.3 is 10.6 Å². The van der Waals surface area contributed by atoms with E-state index in [9.17, 15) is 18.0 Å². The second kappa shape index (κ2) is 5.54. The van der Waals surface area contributed by atoms with Crippen LogP contribution in [0.4, 0.5) is 13.2 Å². The first-order valence-corrected chi connectivity index (χ1v) is 7.30. The average molecular weight is 292 g/mol. The molecule has 1 aliphatic carbocycles. The van der Waals surface area contributed by atoms with Crippen molar-refractivity contribution in [3.63, 3.8) is 0 Å². The quantitative estimate of drug-likeness (QED) is 0.821. The van der Waals surface area contributed by atoms with Crippen LogP contribution in [0.1, 0.15) is 46.0 Å². The van der Waals surface area contributed by atoms with E-state index < -0.39 is 12.2 Å². The molecule has 1 amide bonds. The highest BCUT2D eigenvalue weighted by Crippen LogP contribution is 2.42. The van der Waals surface area contributed by atoms with Crippen molar-refractivity contribution in [1.82, 2.24) is 10.6 Å². The molecule has 116 valence electrons. The van der Waals surface area contributed by atoms with Gasteiger partial charge in [-0.15, -0.1) is 0 Å². The second-order valence-electron chi connectivity index (χ2n) is 6.72. The Bertz CT molecular complexity index is 360. The lowest BCUT2D eigenvalue weighted by atomic mass is 9.81. The topological polar surface area (TPSA) is 41.1 Å². The molecule has 2 aliphatic rings. The Kier molecular flexibility index (Phi) is 4.33. The molecule has 3 atom stereocenters. The third-order valence-electron chi connectivity index (χ3n) is 4.73. The van der Waals surface area contributed by atoms with Crippen molar-refractivity contribution in [2.24, 2.45) is 11.3 Å². The van der Waals surface area contributed by atoms with Crippen LogP contribution >= 0.6 is 0 Å². The van der Waals surface area contributed by atoms with Crippen molar-refractivity contribution < 1.29 is 18.0 Å². The lowest BCUT2D eigenvalue weighted by Gasteiger charge is -2.33. The first kappa shape index (κ1) is 15.6. The Labute approximate surface area is 117 Å². The third kappa shape index (κ3) is 3.45. The van der Waals surface area contributed by atoms with Gasteiger partial charge in [0, 0.05) is 18.5 Å². The molecule has 0 aromatic rings. The number of alkyl halides is 3. The molecule has 2 rings (SSSR count). The fourth-order valence-corrected chi connectivity index (χ4v) is 3.37. The summed E-state index contributed by atoms with van der Waals surface area (Å²) in [6.45, 7) is 4.37. The molecule has 0 aromatic heterocycles. The van der Waals surface area contributed by atoms with E-state index in [1.807, 2.05) is 0 Å². The predicted molar refractivity (Wildman–Crippen MR) is 70.1 cm³/mol. The van der Waals surface area contributed by atoms with Crippen LogP contribution < -0.4 is 10.6 Å². The maximum absolute atomic E-state index is 12.5. The zero-order valence-corrected chi connectivity index (χ0v) is 12.0. The van der Waals surface area contributed by atoms with Gasteiger partial charge in [-0.3, -0.25) is 4.79 Å². The molecule has 6 heteroatoms. The molecule has 3 unspecified atom stereocenters. The van der Waals surface area contributed by atoms with Crippen molar-refractivity contribution in [1.29, 1.82) is 0 Å². The summed E-state index contributed by atoms with van der Waals surface area (Å²) in [6.07, 6.45) is -0.820. The Balaban J connectivity index is 1.82. The Morgan fingerprint density at radius 2 is 1.95 bits per heavy atom. The normalized spacial score (nSPS) is 34.0. The first-order valence-electron chi connectivity index (χ1n) is 7.30. The molecule has 1 aliphatic heterocycles. The predicted octanol–water partition coefficient (Wildman–Crippen LogP) is 2.61. The van der Waals surface area contributed by atoms with Crippen LogP contribution in [0.5, 0.6) is 0 Å². The van der Waals surface area contributed by atoms with Gasteiger partial charge in [-0.25, -0.2) is 0 Å². The van der Waals surface area contributed by atoms with Gasteiger partial charge >= 0.3 is 6.18 Å². The van der Waals surface area contributed by atoms with E-state index in [4.69, 9.17) is 0 Å². The molecule has 0 aromatic carbocycles. The number of carbonyl (C=O) groups is 1. The van der Waals surface area contributed by atoms with Crippen molar-refractivity contribution in [3.8, 4) is 0 Å². The lowest BCUT2D eigenvalue weighted by molar-refractivity contribution is -0.161. The number of rotatable bonds is 2. The fraction of sp³-hybridized carbons (Fsp3) is 0.929. The number of carbonyl (C=O) groups excluding carboxylic acids is 1. The highest BCUT2D eigenvalue weighted by molar-refractivity contribution is 5.80. The van der Waals surface area contributed by atoms with Crippen molar-refractivity contribution in [2.75, 3.05) is 6.54 Å². The SMILES string of the molecule is CC1(C)CCCC1C(=O)NC1CCC(C(F)(F)F)NC1. The number of amides is 1. The molecule has 2 fully saturated rings. The number of hydrogen-bond donors (Lipinski definition) is 2. The van der Waals surface area contributed by atoms with Crippen LogP contribution in [0.2, 0.25) is 0 Å². The molecule has 0 bridgehead atoms. The smallest absolute Gasteiger partial charge is 0.352 e. The van der Waals surface area contributed by atoms with E-state index >= 15 is 0 Å². The maximum atomic E-state index is 12.5. The number of piperidine rings is 1. The lowest BCUT2D eigenvalue weighted by Crippen LogP contribution is -2.55. The van der Waals surface area contributed by atoms with Crippen molar-refractivity contribution >= 4 is 5.91 Å². The van der Waals surface area contributed by atoms with Crippen molar-refractivity contribution in [2.45, 2.75) is 64.2 Å². The molecular formula is C14H23F3N2O. The molecule has 1 saturated carbocycles. The van der Waals surface area contributed by atoms with Gasteiger partial charge in [0.1, 0.15) is 6.04 Å². The summed E-state index contributed by atoms with van der Waals surface area (Å²) in [7, 11) is 0. The van der Waals surface area contributed by atoms with Crippen molar-refractivity contribution in [3.05, 3.63) is 0 Å². The van der Waals surface area contributed by atoms with Gasteiger partial charge in [0.25, 0.3) is 0 Å². The van der Waals surface area contributed by atoms with E-state index in [0.717, 1.165) is 19.3 Å². The van der Waals surface area contributed by atoms with Crippen LogP contribution in [-0.2, 0) is 4.79 Å². The van der Waals surface area contributed by atoms with E-state index in [1.54, 1.807) is 0 Å². The monoisotopic (exact) mass is 292 g/mol. The number of hydrogen-bond acceptors (Lipinski definition) is 2. The standard InChI is InChI=1S/C14H23F3N2O/c1-13(2)7-3-4-10(13)12(20)19-9-5-6-11(18-8-9)14(15,16)17/h9-11,18H,3-8H2,1-2H3,(H,19,20).